The number of nitrogens with zero attached hydrogens (tertiary/aromatic N) is 1. The van der Waals surface area contributed by atoms with Crippen LogP contribution in [0.4, 0.5) is 0 Å². The number of nitrogens with one attached hydrogen (secondary N) is 1. The predicted molar refractivity (Wildman–Crippen MR) is 89.6 cm³/mol. The normalized spacial score (nSPS) is 16.7. The van der Waals surface area contributed by atoms with Gasteiger partial charge in [-0.25, -0.2) is 0 Å². The molecule has 1 aromatic carbocycles. The average Bonchev–Trinajstić information content (AvgIpc) is 2.92. The van der Waals surface area contributed by atoms with E-state index in [1.807, 2.05) is 18.3 Å². The summed E-state index contributed by atoms with van der Waals surface area (Å²) in [5.74, 6) is 6.27. The Morgan fingerprint density at radius 2 is 1.90 bits per heavy atom. The van der Waals surface area contributed by atoms with Gasteiger partial charge in [0.25, 0.3) is 0 Å². The first-order valence-electron chi connectivity index (χ1n) is 6.88. The van der Waals surface area contributed by atoms with Crippen LogP contribution >= 0.6 is 11.8 Å². The smallest absolute Gasteiger partial charge is 0.0930 e. The molecule has 0 saturated heterocycles. The molecule has 0 radical (unpaired) electrons. The minimum Gasteiger partial charge on any atom is -0.366 e. The van der Waals surface area contributed by atoms with Gasteiger partial charge in [-0.1, -0.05) is 35.7 Å². The number of aryl methyl sites for hydroxylation is 1. The van der Waals surface area contributed by atoms with Crippen LogP contribution in [-0.4, -0.2) is 10.4 Å². The highest BCUT2D eigenvalue weighted by atomic mass is 32.2. The molecule has 0 spiro atoms. The van der Waals surface area contributed by atoms with Gasteiger partial charge in [0.2, 0.25) is 0 Å². The SMILES string of the molecule is Cc1ccc(-c2ccc(C#CC3=CSC(C)N3)cn2)cc1. The molecule has 0 bridgehead atoms. The summed E-state index contributed by atoms with van der Waals surface area (Å²) < 4.78 is 0. The molecule has 2 heterocycles. The van der Waals surface area contributed by atoms with Crippen LogP contribution < -0.4 is 5.32 Å². The molecule has 1 aliphatic rings. The fourth-order valence-corrected chi connectivity index (χ4v) is 2.69. The average molecular weight is 292 g/mol. The molecule has 1 aliphatic heterocycles. The summed E-state index contributed by atoms with van der Waals surface area (Å²) in [4.78, 5) is 4.49. The maximum atomic E-state index is 4.49. The Hall–Kier alpha value is -2.18. The molecular formula is C18H16N2S. The summed E-state index contributed by atoms with van der Waals surface area (Å²) >= 11 is 1.75. The first-order chi connectivity index (χ1) is 10.2. The van der Waals surface area contributed by atoms with Gasteiger partial charge < -0.3 is 5.32 Å². The first kappa shape index (κ1) is 13.8. The third-order valence-corrected chi connectivity index (χ3v) is 4.10. The standard InChI is InChI=1S/C18H16N2S/c1-13-3-7-16(8-4-13)18-10-6-15(11-19-18)5-9-17-12-21-14(2)20-17/h3-4,6-8,10-12,14,20H,1-2H3. The van der Waals surface area contributed by atoms with E-state index in [1.54, 1.807) is 11.8 Å². The lowest BCUT2D eigenvalue weighted by molar-refractivity contribution is 0.847. The molecule has 0 aliphatic carbocycles. The summed E-state index contributed by atoms with van der Waals surface area (Å²) in [6, 6.07) is 12.4. The van der Waals surface area contributed by atoms with Gasteiger partial charge in [-0.05, 0) is 31.9 Å². The zero-order valence-electron chi connectivity index (χ0n) is 12.1. The van der Waals surface area contributed by atoms with Crippen molar-refractivity contribution in [1.82, 2.24) is 10.3 Å². The molecule has 1 unspecified atom stereocenters. The molecule has 3 heteroatoms. The van der Waals surface area contributed by atoms with Gasteiger partial charge in [0, 0.05) is 22.7 Å². The third-order valence-electron chi connectivity index (χ3n) is 3.20. The fourth-order valence-electron chi connectivity index (χ4n) is 2.03. The number of benzene rings is 1. The summed E-state index contributed by atoms with van der Waals surface area (Å²) in [7, 11) is 0. The molecule has 2 nitrogen and oxygen atoms in total. The van der Waals surface area contributed by atoms with Crippen molar-refractivity contribution in [3.8, 4) is 23.1 Å². The second kappa shape index (κ2) is 6.07. The second-order valence-corrected chi connectivity index (χ2v) is 6.22. The number of allylic oxidation sites excluding steroid dienone is 1. The van der Waals surface area contributed by atoms with Gasteiger partial charge >= 0.3 is 0 Å². The van der Waals surface area contributed by atoms with Crippen molar-refractivity contribution in [2.24, 2.45) is 0 Å². The second-order valence-electron chi connectivity index (χ2n) is 5.00. The van der Waals surface area contributed by atoms with E-state index in [1.165, 1.54) is 5.56 Å². The van der Waals surface area contributed by atoms with Gasteiger partial charge in [0.1, 0.15) is 0 Å². The molecule has 3 rings (SSSR count). The minimum atomic E-state index is 0.413. The summed E-state index contributed by atoms with van der Waals surface area (Å²) in [6.07, 6.45) is 1.83. The fraction of sp³-hybridized carbons (Fsp3) is 0.167. The van der Waals surface area contributed by atoms with Crippen molar-refractivity contribution in [1.29, 1.82) is 0 Å². The molecular weight excluding hydrogens is 276 g/mol. The molecule has 0 amide bonds. The van der Waals surface area contributed by atoms with Crippen molar-refractivity contribution in [2.75, 3.05) is 0 Å². The highest BCUT2D eigenvalue weighted by Gasteiger charge is 2.08. The number of aromatic nitrogens is 1. The Bertz CT molecular complexity index is 719. The van der Waals surface area contributed by atoms with Crippen LogP contribution in [0.15, 0.2) is 53.7 Å². The number of thioether (sulfide) groups is 1. The van der Waals surface area contributed by atoms with E-state index >= 15 is 0 Å². The Morgan fingerprint density at radius 1 is 1.10 bits per heavy atom. The maximum absolute atomic E-state index is 4.49. The van der Waals surface area contributed by atoms with Crippen molar-refractivity contribution in [3.05, 3.63) is 64.8 Å². The lowest BCUT2D eigenvalue weighted by atomic mass is 10.1. The summed E-state index contributed by atoms with van der Waals surface area (Å²) in [5, 5.41) is 5.77. The van der Waals surface area contributed by atoms with E-state index in [9.17, 15) is 0 Å². The van der Waals surface area contributed by atoms with Crippen LogP contribution in [-0.2, 0) is 0 Å². The van der Waals surface area contributed by atoms with Gasteiger partial charge in [-0.15, -0.1) is 11.8 Å². The Kier molecular flexibility index (Phi) is 3.98. The van der Waals surface area contributed by atoms with Crippen LogP contribution in [0.3, 0.4) is 0 Å². The molecule has 2 aromatic rings. The lowest BCUT2D eigenvalue weighted by Gasteiger charge is -2.02. The molecule has 104 valence electrons. The predicted octanol–water partition coefficient (Wildman–Crippen LogP) is 3.93. The van der Waals surface area contributed by atoms with Crippen molar-refractivity contribution < 1.29 is 0 Å². The molecule has 21 heavy (non-hydrogen) atoms. The van der Waals surface area contributed by atoms with E-state index in [0.717, 1.165) is 22.5 Å². The van der Waals surface area contributed by atoms with E-state index in [-0.39, 0.29) is 0 Å². The van der Waals surface area contributed by atoms with E-state index in [2.05, 4.69) is 65.7 Å². The van der Waals surface area contributed by atoms with Gasteiger partial charge in [-0.2, -0.15) is 0 Å². The van der Waals surface area contributed by atoms with Crippen LogP contribution in [0.25, 0.3) is 11.3 Å². The molecule has 1 atom stereocenters. The van der Waals surface area contributed by atoms with Crippen LogP contribution in [0, 0.1) is 18.8 Å². The minimum absolute atomic E-state index is 0.413. The molecule has 1 N–H and O–H groups in total. The summed E-state index contributed by atoms with van der Waals surface area (Å²) in [6.45, 7) is 4.20. The Balaban J connectivity index is 1.75. The number of hydrogen-bond donors (Lipinski definition) is 1. The van der Waals surface area contributed by atoms with Crippen LogP contribution in [0.5, 0.6) is 0 Å². The zero-order chi connectivity index (χ0) is 14.7. The van der Waals surface area contributed by atoms with Crippen LogP contribution in [0.1, 0.15) is 18.1 Å². The largest absolute Gasteiger partial charge is 0.366 e. The number of pyridine rings is 1. The Labute approximate surface area is 129 Å². The van der Waals surface area contributed by atoms with Crippen molar-refractivity contribution >= 4 is 11.8 Å². The highest BCUT2D eigenvalue weighted by molar-refractivity contribution is 8.02. The third kappa shape index (κ3) is 3.48. The monoisotopic (exact) mass is 292 g/mol. The molecule has 0 fully saturated rings. The van der Waals surface area contributed by atoms with E-state index < -0.39 is 0 Å². The van der Waals surface area contributed by atoms with E-state index in [0.29, 0.717) is 5.37 Å². The van der Waals surface area contributed by atoms with Gasteiger partial charge in [0.15, 0.2) is 0 Å². The number of hydrogen-bond acceptors (Lipinski definition) is 3. The maximum Gasteiger partial charge on any atom is 0.0930 e. The Morgan fingerprint density at radius 3 is 2.52 bits per heavy atom. The molecule has 1 aromatic heterocycles. The van der Waals surface area contributed by atoms with Crippen molar-refractivity contribution in [2.45, 2.75) is 19.2 Å². The lowest BCUT2D eigenvalue weighted by Crippen LogP contribution is -2.15. The first-order valence-corrected chi connectivity index (χ1v) is 7.82. The van der Waals surface area contributed by atoms with Crippen LogP contribution in [0.2, 0.25) is 0 Å². The van der Waals surface area contributed by atoms with Gasteiger partial charge in [-0.3, -0.25) is 4.98 Å². The number of rotatable bonds is 1. The van der Waals surface area contributed by atoms with E-state index in [4.69, 9.17) is 0 Å². The summed E-state index contributed by atoms with van der Waals surface area (Å²) in [5.41, 5.74) is 5.27. The topological polar surface area (TPSA) is 24.9 Å². The highest BCUT2D eigenvalue weighted by Crippen LogP contribution is 2.19. The molecule has 0 saturated carbocycles. The zero-order valence-corrected chi connectivity index (χ0v) is 12.9. The van der Waals surface area contributed by atoms with Gasteiger partial charge in [0.05, 0.1) is 16.8 Å². The quantitative estimate of drug-likeness (QED) is 0.806. The van der Waals surface area contributed by atoms with Crippen molar-refractivity contribution in [3.63, 3.8) is 0 Å².